The summed E-state index contributed by atoms with van der Waals surface area (Å²) in [5.74, 6) is 1.28. The van der Waals surface area contributed by atoms with Crippen molar-refractivity contribution in [2.45, 2.75) is 37.8 Å². The summed E-state index contributed by atoms with van der Waals surface area (Å²) >= 11 is 0. The number of carbonyl (C=O) groups excluding carboxylic acids is 1. The van der Waals surface area contributed by atoms with Crippen LogP contribution in [0.25, 0.3) is 11.0 Å². The molecule has 3 aliphatic heterocycles. The molecule has 0 unspecified atom stereocenters. The average molecular weight is 412 g/mol. The Kier molecular flexibility index (Phi) is 5.25. The first kappa shape index (κ1) is 19.6. The Morgan fingerprint density at radius 2 is 2.00 bits per heavy atom. The smallest absolute Gasteiger partial charge is 0.336 e. The van der Waals surface area contributed by atoms with Crippen molar-refractivity contribution >= 4 is 16.9 Å². The number of hydrogen-bond acceptors (Lipinski definition) is 6. The Morgan fingerprint density at radius 1 is 1.17 bits per heavy atom. The van der Waals surface area contributed by atoms with Gasteiger partial charge >= 0.3 is 5.63 Å². The summed E-state index contributed by atoms with van der Waals surface area (Å²) in [4.78, 5) is 28.8. The van der Waals surface area contributed by atoms with Crippen LogP contribution in [0.4, 0.5) is 0 Å². The van der Waals surface area contributed by atoms with Crippen LogP contribution >= 0.6 is 0 Å². The Hall–Kier alpha value is -2.38. The molecular weight excluding hydrogens is 384 g/mol. The molecule has 0 radical (unpaired) electrons. The van der Waals surface area contributed by atoms with Crippen molar-refractivity contribution in [3.8, 4) is 5.75 Å². The van der Waals surface area contributed by atoms with Crippen LogP contribution in [0.2, 0.25) is 0 Å². The standard InChI is InChI=1S/C23H28N2O5/c26-13-20-17-9-16(19-3-1-2-8-25(19)20)11-24(12-17)22(27)14-29-18-6-4-15-5-7-23(28)30-21(15)10-18/h4-7,10,16-17,19-20,26H,1-3,8-9,11-14H2/t16-,17+,19+,20+/m1/s1. The summed E-state index contributed by atoms with van der Waals surface area (Å²) < 4.78 is 10.9. The second kappa shape index (κ2) is 8.04. The molecular formula is C23H28N2O5. The van der Waals surface area contributed by atoms with E-state index in [9.17, 15) is 14.7 Å². The summed E-state index contributed by atoms with van der Waals surface area (Å²) in [6.07, 6.45) is 4.69. The number of piperidine rings is 3. The number of carbonyl (C=O) groups is 1. The van der Waals surface area contributed by atoms with Gasteiger partial charge in [-0.15, -0.1) is 0 Å². The molecule has 2 bridgehead atoms. The van der Waals surface area contributed by atoms with E-state index >= 15 is 0 Å². The van der Waals surface area contributed by atoms with Crippen LogP contribution in [0.5, 0.6) is 5.75 Å². The van der Waals surface area contributed by atoms with Crippen molar-refractivity contribution in [3.05, 3.63) is 40.8 Å². The van der Waals surface area contributed by atoms with Gasteiger partial charge in [-0.05, 0) is 55.8 Å². The van der Waals surface area contributed by atoms with Gasteiger partial charge < -0.3 is 19.2 Å². The van der Waals surface area contributed by atoms with Crippen LogP contribution in [-0.2, 0) is 4.79 Å². The van der Waals surface area contributed by atoms with Crippen LogP contribution in [0, 0.1) is 11.8 Å². The van der Waals surface area contributed by atoms with Gasteiger partial charge in [0.25, 0.3) is 5.91 Å². The Morgan fingerprint density at radius 3 is 2.87 bits per heavy atom. The van der Waals surface area contributed by atoms with Crippen molar-refractivity contribution in [2.24, 2.45) is 11.8 Å². The van der Waals surface area contributed by atoms with E-state index in [-0.39, 0.29) is 25.2 Å². The Balaban J connectivity index is 1.26. The number of aliphatic hydroxyl groups excluding tert-OH is 1. The average Bonchev–Trinajstić information content (AvgIpc) is 2.77. The molecule has 0 saturated carbocycles. The van der Waals surface area contributed by atoms with E-state index in [0.29, 0.717) is 35.8 Å². The minimum absolute atomic E-state index is 0.0275. The first-order chi connectivity index (χ1) is 14.6. The maximum absolute atomic E-state index is 12.9. The van der Waals surface area contributed by atoms with E-state index < -0.39 is 5.63 Å². The molecule has 0 spiro atoms. The van der Waals surface area contributed by atoms with Gasteiger partial charge in [0.15, 0.2) is 6.61 Å². The number of aliphatic hydroxyl groups is 1. The third-order valence-electron chi connectivity index (χ3n) is 7.12. The third kappa shape index (κ3) is 3.61. The fourth-order valence-electron chi connectivity index (χ4n) is 5.73. The molecule has 1 amide bonds. The second-order valence-corrected chi connectivity index (χ2v) is 8.85. The summed E-state index contributed by atoms with van der Waals surface area (Å²) in [5.41, 5.74) is 0.0360. The van der Waals surface area contributed by atoms with E-state index in [1.54, 1.807) is 18.2 Å². The number of ether oxygens (including phenoxy) is 1. The number of amides is 1. The maximum atomic E-state index is 12.9. The molecule has 5 rings (SSSR count). The lowest BCUT2D eigenvalue weighted by molar-refractivity contribution is -0.144. The monoisotopic (exact) mass is 412 g/mol. The quantitative estimate of drug-likeness (QED) is 0.772. The molecule has 1 aromatic heterocycles. The number of likely N-dealkylation sites (tertiary alicyclic amines) is 1. The zero-order valence-corrected chi connectivity index (χ0v) is 17.0. The molecule has 4 atom stereocenters. The number of rotatable bonds is 4. The highest BCUT2D eigenvalue weighted by Gasteiger charge is 2.47. The zero-order chi connectivity index (χ0) is 20.7. The lowest BCUT2D eigenvalue weighted by atomic mass is 9.72. The topological polar surface area (TPSA) is 83.2 Å². The lowest BCUT2D eigenvalue weighted by Crippen LogP contribution is -2.65. The largest absolute Gasteiger partial charge is 0.484 e. The van der Waals surface area contributed by atoms with E-state index in [1.807, 2.05) is 11.0 Å². The molecule has 4 heterocycles. The van der Waals surface area contributed by atoms with Gasteiger partial charge in [0.2, 0.25) is 0 Å². The van der Waals surface area contributed by atoms with Crippen LogP contribution < -0.4 is 10.4 Å². The Labute approximate surface area is 175 Å². The second-order valence-electron chi connectivity index (χ2n) is 8.85. The van der Waals surface area contributed by atoms with Gasteiger partial charge in [0, 0.05) is 42.7 Å². The summed E-state index contributed by atoms with van der Waals surface area (Å²) in [7, 11) is 0. The minimum Gasteiger partial charge on any atom is -0.484 e. The lowest BCUT2D eigenvalue weighted by Gasteiger charge is -2.56. The fourth-order valence-corrected chi connectivity index (χ4v) is 5.73. The van der Waals surface area contributed by atoms with Crippen LogP contribution in [0.1, 0.15) is 25.7 Å². The highest BCUT2D eigenvalue weighted by Crippen LogP contribution is 2.41. The van der Waals surface area contributed by atoms with Crippen molar-refractivity contribution in [1.29, 1.82) is 0 Å². The number of nitrogens with zero attached hydrogens (tertiary/aromatic N) is 2. The molecule has 3 saturated heterocycles. The molecule has 7 heteroatoms. The normalized spacial score (nSPS) is 28.9. The molecule has 3 aliphatic rings. The van der Waals surface area contributed by atoms with Gasteiger partial charge in [0.05, 0.1) is 6.61 Å². The molecule has 1 N–H and O–H groups in total. The SMILES string of the molecule is O=C(COc1ccc2ccc(=O)oc2c1)N1C[C@H]2C[C@@H](C1)[C@H](CO)N1CCCC[C@@H]21. The first-order valence-corrected chi connectivity index (χ1v) is 10.9. The van der Waals surface area contributed by atoms with Gasteiger partial charge in [0.1, 0.15) is 11.3 Å². The van der Waals surface area contributed by atoms with Crippen molar-refractivity contribution in [2.75, 3.05) is 32.8 Å². The predicted octanol–water partition coefficient (Wildman–Crippen LogP) is 1.87. The van der Waals surface area contributed by atoms with E-state index in [0.717, 1.165) is 31.3 Å². The van der Waals surface area contributed by atoms with E-state index in [2.05, 4.69) is 4.90 Å². The van der Waals surface area contributed by atoms with Crippen molar-refractivity contribution in [3.63, 3.8) is 0 Å². The molecule has 0 aliphatic carbocycles. The molecule has 1 aromatic carbocycles. The molecule has 160 valence electrons. The number of fused-ring (bicyclic) bond motifs is 5. The van der Waals surface area contributed by atoms with Crippen LogP contribution in [0.3, 0.4) is 0 Å². The summed E-state index contributed by atoms with van der Waals surface area (Å²) in [5, 5.41) is 10.8. The van der Waals surface area contributed by atoms with Crippen molar-refractivity contribution in [1.82, 2.24) is 9.80 Å². The third-order valence-corrected chi connectivity index (χ3v) is 7.12. The summed E-state index contributed by atoms with van der Waals surface area (Å²) in [6, 6.07) is 8.96. The maximum Gasteiger partial charge on any atom is 0.336 e. The number of hydrogen-bond donors (Lipinski definition) is 1. The van der Waals surface area contributed by atoms with Crippen LogP contribution in [-0.4, -0.2) is 65.7 Å². The molecule has 2 aromatic rings. The van der Waals surface area contributed by atoms with E-state index in [4.69, 9.17) is 9.15 Å². The van der Waals surface area contributed by atoms with E-state index in [1.165, 1.54) is 18.9 Å². The molecule has 7 nitrogen and oxygen atoms in total. The highest BCUT2D eigenvalue weighted by atomic mass is 16.5. The van der Waals surface area contributed by atoms with Gasteiger partial charge in [-0.25, -0.2) is 4.79 Å². The Bertz CT molecular complexity index is 975. The van der Waals surface area contributed by atoms with Gasteiger partial charge in [-0.2, -0.15) is 0 Å². The predicted molar refractivity (Wildman–Crippen MR) is 111 cm³/mol. The van der Waals surface area contributed by atoms with Gasteiger partial charge in [-0.3, -0.25) is 9.69 Å². The van der Waals surface area contributed by atoms with Crippen LogP contribution in [0.15, 0.2) is 39.5 Å². The first-order valence-electron chi connectivity index (χ1n) is 10.9. The minimum atomic E-state index is -0.411. The van der Waals surface area contributed by atoms with Gasteiger partial charge in [-0.1, -0.05) is 6.42 Å². The molecule has 30 heavy (non-hydrogen) atoms. The number of benzene rings is 1. The highest BCUT2D eigenvalue weighted by molar-refractivity contribution is 5.79. The molecule has 3 fully saturated rings. The fraction of sp³-hybridized carbons (Fsp3) is 0.565. The van der Waals surface area contributed by atoms with Crippen molar-refractivity contribution < 1.29 is 19.1 Å². The zero-order valence-electron chi connectivity index (χ0n) is 17.0. The summed E-state index contributed by atoms with van der Waals surface area (Å²) in [6.45, 7) is 2.64.